The number of anilines is 2. The number of hydrogen-bond acceptors (Lipinski definition) is 6. The number of aliphatic hydroxyl groups is 1. The second-order valence-corrected chi connectivity index (χ2v) is 5.40. The van der Waals surface area contributed by atoms with Gasteiger partial charge in [0.15, 0.2) is 0 Å². The Hall–Kier alpha value is -2.18. The normalized spacial score (nSPS) is 12.3. The van der Waals surface area contributed by atoms with Gasteiger partial charge in [-0.2, -0.15) is 16.3 Å². The second-order valence-electron chi connectivity index (χ2n) is 4.62. The predicted octanol–water partition coefficient (Wildman–Crippen LogP) is 2.88. The first-order valence-corrected chi connectivity index (χ1v) is 7.61. The van der Waals surface area contributed by atoms with E-state index >= 15 is 0 Å². The zero-order valence-corrected chi connectivity index (χ0v) is 12.4. The molecule has 2 aromatic heterocycles. The summed E-state index contributed by atoms with van der Waals surface area (Å²) in [4.78, 5) is 8.84. The van der Waals surface area contributed by atoms with E-state index < -0.39 is 6.10 Å². The lowest BCUT2D eigenvalue weighted by atomic mass is 10.2. The third-order valence-corrected chi connectivity index (χ3v) is 3.92. The summed E-state index contributed by atoms with van der Waals surface area (Å²) in [6.07, 6.45) is -0.553. The van der Waals surface area contributed by atoms with Crippen molar-refractivity contribution < 1.29 is 5.11 Å². The number of hydrogen-bond donors (Lipinski definition) is 3. The molecule has 0 radical (unpaired) electrons. The van der Waals surface area contributed by atoms with Gasteiger partial charge in [-0.1, -0.05) is 12.1 Å². The molecule has 1 atom stereocenters. The van der Waals surface area contributed by atoms with Crippen LogP contribution in [0.25, 0.3) is 10.9 Å². The number of benzene rings is 1. The van der Waals surface area contributed by atoms with E-state index in [2.05, 4.69) is 20.6 Å². The van der Waals surface area contributed by atoms with Gasteiger partial charge < -0.3 is 15.7 Å². The van der Waals surface area contributed by atoms with E-state index in [0.29, 0.717) is 12.5 Å². The van der Waals surface area contributed by atoms with Crippen molar-refractivity contribution in [2.75, 3.05) is 24.2 Å². The van der Waals surface area contributed by atoms with Gasteiger partial charge in [0.1, 0.15) is 5.82 Å². The minimum atomic E-state index is -0.553. The molecule has 3 aromatic rings. The number of fused-ring (bicyclic) bond motifs is 1. The summed E-state index contributed by atoms with van der Waals surface area (Å²) in [6, 6.07) is 9.73. The zero-order chi connectivity index (χ0) is 14.7. The minimum absolute atomic E-state index is 0.404. The fraction of sp³-hybridized carbons (Fsp3) is 0.200. The molecule has 0 bridgehead atoms. The summed E-state index contributed by atoms with van der Waals surface area (Å²) >= 11 is 1.57. The van der Waals surface area contributed by atoms with Crippen molar-refractivity contribution >= 4 is 34.0 Å². The van der Waals surface area contributed by atoms with Gasteiger partial charge in [0.05, 0.1) is 11.6 Å². The van der Waals surface area contributed by atoms with Crippen LogP contribution in [-0.2, 0) is 0 Å². The maximum atomic E-state index is 10.2. The number of nitrogens with one attached hydrogen (secondary N) is 2. The van der Waals surface area contributed by atoms with Crippen LogP contribution in [0.2, 0.25) is 0 Å². The predicted molar refractivity (Wildman–Crippen MR) is 86.9 cm³/mol. The largest absolute Gasteiger partial charge is 0.387 e. The molecule has 1 aromatic carbocycles. The highest BCUT2D eigenvalue weighted by atomic mass is 32.1. The van der Waals surface area contributed by atoms with Crippen molar-refractivity contribution in [2.45, 2.75) is 6.10 Å². The van der Waals surface area contributed by atoms with Crippen LogP contribution in [0.5, 0.6) is 0 Å². The summed E-state index contributed by atoms with van der Waals surface area (Å²) in [7, 11) is 1.79. The molecule has 5 nitrogen and oxygen atoms in total. The summed E-state index contributed by atoms with van der Waals surface area (Å²) in [5.41, 5.74) is 1.78. The molecular weight excluding hydrogens is 284 g/mol. The monoisotopic (exact) mass is 300 g/mol. The van der Waals surface area contributed by atoms with Gasteiger partial charge in [0.25, 0.3) is 0 Å². The van der Waals surface area contributed by atoms with Crippen LogP contribution in [0.1, 0.15) is 11.7 Å². The SMILES string of the molecule is CNc1nc(NCC(O)c2ccsc2)c2ccccc2n1. The first kappa shape index (κ1) is 13.8. The molecule has 0 spiro atoms. The van der Waals surface area contributed by atoms with Gasteiger partial charge >= 0.3 is 0 Å². The van der Waals surface area contributed by atoms with Crippen LogP contribution < -0.4 is 10.6 Å². The van der Waals surface area contributed by atoms with Gasteiger partial charge in [0, 0.05) is 19.0 Å². The Kier molecular flexibility index (Phi) is 3.98. The van der Waals surface area contributed by atoms with Crippen molar-refractivity contribution in [3.63, 3.8) is 0 Å². The maximum absolute atomic E-state index is 10.2. The van der Waals surface area contributed by atoms with Gasteiger partial charge in [-0.15, -0.1) is 0 Å². The van der Waals surface area contributed by atoms with Crippen LogP contribution in [0.3, 0.4) is 0 Å². The molecule has 2 heterocycles. The minimum Gasteiger partial charge on any atom is -0.387 e. The molecule has 0 aliphatic carbocycles. The van der Waals surface area contributed by atoms with Crippen molar-refractivity contribution in [3.8, 4) is 0 Å². The lowest BCUT2D eigenvalue weighted by Crippen LogP contribution is -2.13. The number of para-hydroxylation sites is 1. The topological polar surface area (TPSA) is 70.1 Å². The van der Waals surface area contributed by atoms with Crippen molar-refractivity contribution in [2.24, 2.45) is 0 Å². The Bertz CT molecular complexity index is 730. The van der Waals surface area contributed by atoms with Crippen molar-refractivity contribution in [1.29, 1.82) is 0 Å². The molecule has 3 N–H and O–H groups in total. The van der Waals surface area contributed by atoms with E-state index in [1.807, 2.05) is 41.1 Å². The fourth-order valence-electron chi connectivity index (χ4n) is 2.10. The second kappa shape index (κ2) is 6.07. The first-order valence-electron chi connectivity index (χ1n) is 6.66. The standard InChI is InChI=1S/C15H16N4OS/c1-16-15-18-12-5-3-2-4-11(12)14(19-15)17-8-13(20)10-6-7-21-9-10/h2-7,9,13,20H,8H2,1H3,(H2,16,17,18,19). The number of thiophene rings is 1. The Morgan fingerprint density at radius 2 is 2.10 bits per heavy atom. The van der Waals surface area contributed by atoms with E-state index in [9.17, 15) is 5.11 Å². The van der Waals surface area contributed by atoms with Crippen LogP contribution >= 0.6 is 11.3 Å². The number of nitrogens with zero attached hydrogens (tertiary/aromatic N) is 2. The Morgan fingerprint density at radius 1 is 1.24 bits per heavy atom. The molecule has 108 valence electrons. The highest BCUT2D eigenvalue weighted by Crippen LogP contribution is 2.23. The molecule has 21 heavy (non-hydrogen) atoms. The Morgan fingerprint density at radius 3 is 2.86 bits per heavy atom. The van der Waals surface area contributed by atoms with Crippen LogP contribution in [0.15, 0.2) is 41.1 Å². The van der Waals surface area contributed by atoms with Crippen LogP contribution in [0, 0.1) is 0 Å². The number of rotatable bonds is 5. The summed E-state index contributed by atoms with van der Waals surface area (Å²) in [5.74, 6) is 1.28. The molecular formula is C15H16N4OS. The summed E-state index contributed by atoms with van der Waals surface area (Å²) in [6.45, 7) is 0.404. The number of aromatic nitrogens is 2. The average molecular weight is 300 g/mol. The Balaban J connectivity index is 1.85. The smallest absolute Gasteiger partial charge is 0.224 e. The lowest BCUT2D eigenvalue weighted by molar-refractivity contribution is 0.192. The zero-order valence-electron chi connectivity index (χ0n) is 11.6. The van der Waals surface area contributed by atoms with Gasteiger partial charge in [-0.3, -0.25) is 0 Å². The molecule has 0 saturated carbocycles. The number of aliphatic hydroxyl groups excluding tert-OH is 1. The first-order chi connectivity index (χ1) is 10.3. The molecule has 6 heteroatoms. The Labute approximate surface area is 126 Å². The van der Waals surface area contributed by atoms with Gasteiger partial charge in [-0.05, 0) is 34.5 Å². The van der Waals surface area contributed by atoms with E-state index in [1.165, 1.54) is 0 Å². The quantitative estimate of drug-likeness (QED) is 0.676. The highest BCUT2D eigenvalue weighted by Gasteiger charge is 2.11. The fourth-order valence-corrected chi connectivity index (χ4v) is 2.81. The van der Waals surface area contributed by atoms with Crippen molar-refractivity contribution in [1.82, 2.24) is 9.97 Å². The average Bonchev–Trinajstić information content (AvgIpc) is 3.06. The third kappa shape index (κ3) is 2.96. The molecule has 0 saturated heterocycles. The molecule has 0 fully saturated rings. The van der Waals surface area contributed by atoms with E-state index in [1.54, 1.807) is 18.4 Å². The van der Waals surface area contributed by atoms with Crippen LogP contribution in [-0.4, -0.2) is 28.7 Å². The third-order valence-electron chi connectivity index (χ3n) is 3.22. The molecule has 0 aliphatic rings. The van der Waals surface area contributed by atoms with Gasteiger partial charge in [0.2, 0.25) is 5.95 Å². The van der Waals surface area contributed by atoms with E-state index in [-0.39, 0.29) is 0 Å². The highest BCUT2D eigenvalue weighted by molar-refractivity contribution is 7.07. The molecule has 1 unspecified atom stereocenters. The van der Waals surface area contributed by atoms with E-state index in [0.717, 1.165) is 22.3 Å². The van der Waals surface area contributed by atoms with Gasteiger partial charge in [-0.25, -0.2) is 4.98 Å². The van der Waals surface area contributed by atoms with Crippen LogP contribution in [0.4, 0.5) is 11.8 Å². The summed E-state index contributed by atoms with van der Waals surface area (Å²) < 4.78 is 0. The molecule has 0 aliphatic heterocycles. The van der Waals surface area contributed by atoms with Crippen molar-refractivity contribution in [3.05, 3.63) is 46.7 Å². The lowest BCUT2D eigenvalue weighted by Gasteiger charge is -2.13. The van der Waals surface area contributed by atoms with E-state index in [4.69, 9.17) is 0 Å². The summed E-state index contributed by atoms with van der Waals surface area (Å²) in [5, 5.41) is 21.2. The maximum Gasteiger partial charge on any atom is 0.224 e. The molecule has 0 amide bonds. The molecule has 3 rings (SSSR count).